The smallest absolute Gasteiger partial charge is 0.211 e. The third kappa shape index (κ3) is 8.34. The van der Waals surface area contributed by atoms with Gasteiger partial charge in [0.05, 0.1) is 12.4 Å². The Hall–Kier alpha value is 0.170. The predicted molar refractivity (Wildman–Crippen MR) is 79.7 cm³/mol. The van der Waals surface area contributed by atoms with Gasteiger partial charge >= 0.3 is 0 Å². The van der Waals surface area contributed by atoms with Gasteiger partial charge in [0.1, 0.15) is 0 Å². The van der Waals surface area contributed by atoms with Crippen LogP contribution in [0.25, 0.3) is 0 Å². The average Bonchev–Trinajstić information content (AvgIpc) is 2.21. The van der Waals surface area contributed by atoms with E-state index in [1.54, 1.807) is 23.9 Å². The Labute approximate surface area is 108 Å². The van der Waals surface area contributed by atoms with Gasteiger partial charge in [-0.15, -0.1) is 0 Å². The van der Waals surface area contributed by atoms with Gasteiger partial charge in [-0.25, -0.2) is 4.99 Å². The number of nitrogens with one attached hydrogen (secondary N) is 1. The lowest BCUT2D eigenvalue weighted by atomic mass is 10.5. The fraction of sp³-hybridized carbons (Fsp3) is 0.700. The molecular formula is C10H21N2OPS2. The zero-order valence-electron chi connectivity index (χ0n) is 10.3. The summed E-state index contributed by atoms with van der Waals surface area (Å²) in [4.78, 5) is 4.04. The van der Waals surface area contributed by atoms with Gasteiger partial charge in [-0.1, -0.05) is 24.4 Å². The van der Waals surface area contributed by atoms with Gasteiger partial charge in [0, 0.05) is 12.0 Å². The van der Waals surface area contributed by atoms with Crippen molar-refractivity contribution in [3.63, 3.8) is 0 Å². The van der Waals surface area contributed by atoms with Gasteiger partial charge < -0.3 is 9.61 Å². The second kappa shape index (κ2) is 9.23. The van der Waals surface area contributed by atoms with Crippen molar-refractivity contribution in [1.82, 2.24) is 5.09 Å². The zero-order valence-corrected chi connectivity index (χ0v) is 12.9. The maximum absolute atomic E-state index is 5.78. The highest BCUT2D eigenvalue weighted by atomic mass is 32.9. The van der Waals surface area contributed by atoms with Crippen molar-refractivity contribution >= 4 is 35.1 Å². The van der Waals surface area contributed by atoms with E-state index in [1.807, 2.05) is 26.8 Å². The van der Waals surface area contributed by atoms with Gasteiger partial charge in [-0.2, -0.15) is 0 Å². The first kappa shape index (κ1) is 16.2. The Kier molecular flexibility index (Phi) is 9.32. The minimum atomic E-state index is -2.02. The van der Waals surface area contributed by atoms with E-state index in [1.165, 1.54) is 0 Å². The summed E-state index contributed by atoms with van der Waals surface area (Å²) in [5, 5.41) is 3.12. The van der Waals surface area contributed by atoms with E-state index in [2.05, 4.69) is 17.0 Å². The van der Waals surface area contributed by atoms with Crippen LogP contribution in [0.3, 0.4) is 0 Å². The molecule has 0 rings (SSSR count). The Morgan fingerprint density at radius 2 is 2.25 bits per heavy atom. The maximum Gasteiger partial charge on any atom is 0.211 e. The molecule has 0 saturated carbocycles. The average molecular weight is 280 g/mol. The van der Waals surface area contributed by atoms with Crippen LogP contribution in [0.2, 0.25) is 0 Å². The number of rotatable bonds is 8. The minimum Gasteiger partial charge on any atom is -0.324 e. The predicted octanol–water partition coefficient (Wildman–Crippen LogP) is 3.93. The second-order valence-corrected chi connectivity index (χ2v) is 10.1. The highest BCUT2D eigenvalue weighted by Gasteiger charge is 2.18. The Morgan fingerprint density at radius 3 is 2.75 bits per heavy atom. The summed E-state index contributed by atoms with van der Waals surface area (Å²) in [5.41, 5.74) is -2.02. The highest BCUT2D eigenvalue weighted by molar-refractivity contribution is 8.68. The number of aliphatic imine (C=N–C) groups is 1. The molecule has 0 aliphatic carbocycles. The zero-order chi connectivity index (χ0) is 12.4. The fourth-order valence-corrected chi connectivity index (χ4v) is 5.86. The van der Waals surface area contributed by atoms with Crippen LogP contribution in [0.15, 0.2) is 17.3 Å². The summed E-state index contributed by atoms with van der Waals surface area (Å²) in [6.45, 7) is 8.05. The summed E-state index contributed by atoms with van der Waals surface area (Å²) in [6.07, 6.45) is 6.44. The van der Waals surface area contributed by atoms with Gasteiger partial charge in [-0.3, -0.25) is 0 Å². The third-order valence-corrected chi connectivity index (χ3v) is 7.07. The molecule has 6 heteroatoms. The molecule has 94 valence electrons. The molecule has 0 aromatic rings. The largest absolute Gasteiger partial charge is 0.324 e. The van der Waals surface area contributed by atoms with Gasteiger partial charge in [-0.05, 0) is 39.0 Å². The molecule has 0 saturated heterocycles. The standard InChI is InChI=1S/C10H21N2OPS2/c1-5-7-11-9-12-14(15,13-10(3)4)16-8-6-2/h5,7,9-10H,6,8H2,1-4H3,(H,11,12,15). The molecule has 16 heavy (non-hydrogen) atoms. The van der Waals surface area contributed by atoms with Crippen LogP contribution in [0.1, 0.15) is 34.1 Å². The van der Waals surface area contributed by atoms with E-state index < -0.39 is 5.62 Å². The van der Waals surface area contributed by atoms with E-state index >= 15 is 0 Å². The van der Waals surface area contributed by atoms with Crippen LogP contribution in [-0.2, 0) is 16.3 Å². The fourth-order valence-electron chi connectivity index (χ4n) is 0.820. The summed E-state index contributed by atoms with van der Waals surface area (Å²) < 4.78 is 5.78. The molecule has 3 nitrogen and oxygen atoms in total. The lowest BCUT2D eigenvalue weighted by Crippen LogP contribution is -2.11. The molecule has 0 radical (unpaired) electrons. The molecule has 0 aromatic carbocycles. The van der Waals surface area contributed by atoms with Crippen LogP contribution in [-0.4, -0.2) is 18.2 Å². The van der Waals surface area contributed by atoms with Gasteiger partial charge in [0.25, 0.3) is 0 Å². The summed E-state index contributed by atoms with van der Waals surface area (Å²) >= 11 is 7.21. The van der Waals surface area contributed by atoms with Crippen molar-refractivity contribution in [1.29, 1.82) is 0 Å². The summed E-state index contributed by atoms with van der Waals surface area (Å²) in [7, 11) is 0. The third-order valence-electron chi connectivity index (χ3n) is 1.34. The second-order valence-electron chi connectivity index (χ2n) is 3.37. The summed E-state index contributed by atoms with van der Waals surface area (Å²) in [6, 6.07) is 0. The molecule has 1 N–H and O–H groups in total. The highest BCUT2D eigenvalue weighted by Crippen LogP contribution is 2.56. The van der Waals surface area contributed by atoms with Gasteiger partial charge in [0.15, 0.2) is 0 Å². The van der Waals surface area contributed by atoms with Crippen LogP contribution in [0, 0.1) is 0 Å². The number of allylic oxidation sites excluding steroid dienone is 1. The Bertz CT molecular complexity index is 280. The van der Waals surface area contributed by atoms with E-state index in [0.717, 1.165) is 12.2 Å². The van der Waals surface area contributed by atoms with Crippen molar-refractivity contribution in [3.05, 3.63) is 12.3 Å². The van der Waals surface area contributed by atoms with Crippen molar-refractivity contribution in [2.45, 2.75) is 40.2 Å². The molecule has 0 bridgehead atoms. The van der Waals surface area contributed by atoms with Crippen LogP contribution in [0.4, 0.5) is 0 Å². The molecule has 0 aromatic heterocycles. The van der Waals surface area contributed by atoms with Crippen molar-refractivity contribution in [2.75, 3.05) is 5.75 Å². The molecule has 0 heterocycles. The first-order chi connectivity index (χ1) is 7.54. The van der Waals surface area contributed by atoms with E-state index in [0.29, 0.717) is 0 Å². The number of nitrogens with zero attached hydrogens (tertiary/aromatic N) is 1. The SMILES string of the molecule is CC=CN=CNP(=S)(OC(C)C)SCCC. The number of hydrogen-bond acceptors (Lipinski definition) is 4. The molecule has 1 atom stereocenters. The van der Waals surface area contributed by atoms with Crippen LogP contribution in [0.5, 0.6) is 0 Å². The normalized spacial score (nSPS) is 16.1. The van der Waals surface area contributed by atoms with Crippen LogP contribution >= 0.6 is 17.0 Å². The van der Waals surface area contributed by atoms with Crippen molar-refractivity contribution in [2.24, 2.45) is 4.99 Å². The minimum absolute atomic E-state index is 0.137. The van der Waals surface area contributed by atoms with Crippen molar-refractivity contribution in [3.8, 4) is 0 Å². The monoisotopic (exact) mass is 280 g/mol. The molecule has 0 spiro atoms. The van der Waals surface area contributed by atoms with Gasteiger partial charge in [0.2, 0.25) is 5.62 Å². The molecule has 0 fully saturated rings. The molecule has 0 aliphatic rings. The number of hydrogen-bond donors (Lipinski definition) is 1. The van der Waals surface area contributed by atoms with E-state index in [4.69, 9.17) is 16.3 Å². The molecule has 0 aliphatic heterocycles. The molecule has 0 amide bonds. The van der Waals surface area contributed by atoms with Crippen LogP contribution < -0.4 is 5.09 Å². The first-order valence-corrected chi connectivity index (χ1v) is 9.68. The summed E-state index contributed by atoms with van der Waals surface area (Å²) in [5.74, 6) is 1.01. The van der Waals surface area contributed by atoms with E-state index in [-0.39, 0.29) is 6.10 Å². The maximum atomic E-state index is 5.78. The quantitative estimate of drug-likeness (QED) is 0.415. The Morgan fingerprint density at radius 1 is 1.56 bits per heavy atom. The first-order valence-electron chi connectivity index (χ1n) is 5.37. The lowest BCUT2D eigenvalue weighted by molar-refractivity contribution is 0.274. The topological polar surface area (TPSA) is 33.6 Å². The van der Waals surface area contributed by atoms with E-state index in [9.17, 15) is 0 Å². The van der Waals surface area contributed by atoms with Crippen molar-refractivity contribution < 1.29 is 4.52 Å². The molecular weight excluding hydrogens is 259 g/mol. The Balaban J connectivity index is 4.34. The lowest BCUT2D eigenvalue weighted by Gasteiger charge is -2.23. The molecule has 1 unspecified atom stereocenters.